The summed E-state index contributed by atoms with van der Waals surface area (Å²) in [7, 11) is 1.73. The molecule has 0 heterocycles. The van der Waals surface area contributed by atoms with Crippen molar-refractivity contribution in [2.45, 2.75) is 33.1 Å². The molecule has 3 heteroatoms. The Morgan fingerprint density at radius 3 is 2.70 bits per heavy atom. The van der Waals surface area contributed by atoms with E-state index < -0.39 is 0 Å². The van der Waals surface area contributed by atoms with Crippen molar-refractivity contribution >= 4 is 0 Å². The third kappa shape index (κ3) is 6.02. The Bertz CT molecular complexity index is 370. The fourth-order valence-corrected chi connectivity index (χ4v) is 2.42. The van der Waals surface area contributed by atoms with Crippen LogP contribution in [0.15, 0.2) is 24.3 Å². The smallest absolute Gasteiger partial charge is 0.126 e. The predicted molar refractivity (Wildman–Crippen MR) is 82.4 cm³/mol. The van der Waals surface area contributed by atoms with Crippen molar-refractivity contribution in [1.82, 2.24) is 5.32 Å². The van der Waals surface area contributed by atoms with Crippen LogP contribution in [0.2, 0.25) is 0 Å². The molecule has 0 saturated carbocycles. The quantitative estimate of drug-likeness (QED) is 0.661. The lowest BCUT2D eigenvalue weighted by Crippen LogP contribution is -2.30. The SMILES string of the molecule is CCCNCC(Cc1ccccc1F)C(C)CCOC. The highest BCUT2D eigenvalue weighted by molar-refractivity contribution is 5.18. The van der Waals surface area contributed by atoms with Crippen LogP contribution in [0, 0.1) is 17.7 Å². The first-order valence-electron chi connectivity index (χ1n) is 7.62. The van der Waals surface area contributed by atoms with Gasteiger partial charge < -0.3 is 10.1 Å². The maximum atomic E-state index is 13.8. The molecule has 114 valence electrons. The molecule has 0 radical (unpaired) electrons. The van der Waals surface area contributed by atoms with Gasteiger partial charge in [-0.05, 0) is 55.8 Å². The number of halogens is 1. The molecule has 2 nitrogen and oxygen atoms in total. The van der Waals surface area contributed by atoms with Gasteiger partial charge in [-0.25, -0.2) is 4.39 Å². The van der Waals surface area contributed by atoms with Crippen molar-refractivity contribution in [3.63, 3.8) is 0 Å². The standard InChI is InChI=1S/C17H28FNO/c1-4-10-19-13-16(14(2)9-11-20-3)12-15-7-5-6-8-17(15)18/h5-8,14,16,19H,4,9-13H2,1-3H3. The fraction of sp³-hybridized carbons (Fsp3) is 0.647. The number of nitrogens with one attached hydrogen (secondary N) is 1. The van der Waals surface area contributed by atoms with Crippen LogP contribution in [0.5, 0.6) is 0 Å². The van der Waals surface area contributed by atoms with E-state index in [0.717, 1.165) is 44.5 Å². The zero-order valence-corrected chi connectivity index (χ0v) is 13.0. The Labute approximate surface area is 122 Å². The summed E-state index contributed by atoms with van der Waals surface area (Å²) < 4.78 is 19.0. The van der Waals surface area contributed by atoms with Gasteiger partial charge in [0.05, 0.1) is 0 Å². The summed E-state index contributed by atoms with van der Waals surface area (Å²) in [6.45, 7) is 7.12. The van der Waals surface area contributed by atoms with E-state index in [0.29, 0.717) is 11.8 Å². The van der Waals surface area contributed by atoms with Gasteiger partial charge in [0.15, 0.2) is 0 Å². The highest BCUT2D eigenvalue weighted by Crippen LogP contribution is 2.21. The van der Waals surface area contributed by atoms with Gasteiger partial charge >= 0.3 is 0 Å². The molecule has 0 spiro atoms. The van der Waals surface area contributed by atoms with Crippen LogP contribution in [0.1, 0.15) is 32.3 Å². The summed E-state index contributed by atoms with van der Waals surface area (Å²) in [5, 5.41) is 3.47. The zero-order chi connectivity index (χ0) is 14.8. The summed E-state index contributed by atoms with van der Waals surface area (Å²) in [5.41, 5.74) is 0.820. The molecular formula is C17H28FNO. The molecule has 0 aliphatic carbocycles. The molecule has 0 amide bonds. The summed E-state index contributed by atoms with van der Waals surface area (Å²) in [5.74, 6) is 0.861. The molecule has 0 aromatic heterocycles. The number of methoxy groups -OCH3 is 1. The minimum Gasteiger partial charge on any atom is -0.385 e. The van der Waals surface area contributed by atoms with E-state index in [2.05, 4.69) is 19.2 Å². The topological polar surface area (TPSA) is 21.3 Å². The lowest BCUT2D eigenvalue weighted by Gasteiger charge is -2.24. The minimum absolute atomic E-state index is 0.0908. The summed E-state index contributed by atoms with van der Waals surface area (Å²) in [6, 6.07) is 7.10. The van der Waals surface area contributed by atoms with Crippen molar-refractivity contribution in [3.05, 3.63) is 35.6 Å². The van der Waals surface area contributed by atoms with E-state index in [1.54, 1.807) is 19.2 Å². The number of hydrogen-bond donors (Lipinski definition) is 1. The van der Waals surface area contributed by atoms with Gasteiger partial charge in [0.2, 0.25) is 0 Å². The Morgan fingerprint density at radius 2 is 2.05 bits per heavy atom. The lowest BCUT2D eigenvalue weighted by atomic mass is 9.86. The first-order chi connectivity index (χ1) is 9.69. The molecule has 0 aliphatic rings. The monoisotopic (exact) mass is 281 g/mol. The average Bonchev–Trinajstić information content (AvgIpc) is 2.46. The Morgan fingerprint density at radius 1 is 1.30 bits per heavy atom. The molecule has 0 aliphatic heterocycles. The number of ether oxygens (including phenoxy) is 1. The largest absolute Gasteiger partial charge is 0.385 e. The molecule has 20 heavy (non-hydrogen) atoms. The van der Waals surface area contributed by atoms with Gasteiger partial charge in [0.1, 0.15) is 5.82 Å². The van der Waals surface area contributed by atoms with Crippen molar-refractivity contribution in [1.29, 1.82) is 0 Å². The van der Waals surface area contributed by atoms with E-state index in [1.807, 2.05) is 12.1 Å². The Kier molecular flexibility index (Phi) is 8.47. The highest BCUT2D eigenvalue weighted by atomic mass is 19.1. The number of rotatable bonds is 10. The molecular weight excluding hydrogens is 253 g/mol. The molecule has 2 unspecified atom stereocenters. The van der Waals surface area contributed by atoms with E-state index in [-0.39, 0.29) is 5.82 Å². The normalized spacial score (nSPS) is 14.2. The molecule has 1 N–H and O–H groups in total. The van der Waals surface area contributed by atoms with E-state index in [1.165, 1.54) is 0 Å². The second-order valence-corrected chi connectivity index (χ2v) is 5.52. The first-order valence-corrected chi connectivity index (χ1v) is 7.62. The van der Waals surface area contributed by atoms with Crippen molar-refractivity contribution in [3.8, 4) is 0 Å². The second kappa shape index (κ2) is 9.89. The molecule has 1 aromatic rings. The van der Waals surface area contributed by atoms with Crippen LogP contribution in [-0.2, 0) is 11.2 Å². The first kappa shape index (κ1) is 17.1. The molecule has 1 rings (SSSR count). The summed E-state index contributed by atoms with van der Waals surface area (Å²) >= 11 is 0. The van der Waals surface area contributed by atoms with Gasteiger partial charge in [0.25, 0.3) is 0 Å². The van der Waals surface area contributed by atoms with Crippen LogP contribution >= 0.6 is 0 Å². The zero-order valence-electron chi connectivity index (χ0n) is 13.0. The molecule has 0 saturated heterocycles. The van der Waals surface area contributed by atoms with Gasteiger partial charge in [-0.15, -0.1) is 0 Å². The molecule has 0 fully saturated rings. The van der Waals surface area contributed by atoms with Crippen LogP contribution in [0.4, 0.5) is 4.39 Å². The molecule has 2 atom stereocenters. The van der Waals surface area contributed by atoms with E-state index >= 15 is 0 Å². The van der Waals surface area contributed by atoms with Gasteiger partial charge in [-0.1, -0.05) is 32.0 Å². The highest BCUT2D eigenvalue weighted by Gasteiger charge is 2.18. The molecule has 0 bridgehead atoms. The maximum Gasteiger partial charge on any atom is 0.126 e. The van der Waals surface area contributed by atoms with E-state index in [9.17, 15) is 4.39 Å². The maximum absolute atomic E-state index is 13.8. The predicted octanol–water partition coefficient (Wildman–Crippen LogP) is 3.66. The third-order valence-electron chi connectivity index (χ3n) is 3.86. The lowest BCUT2D eigenvalue weighted by molar-refractivity contribution is 0.163. The number of hydrogen-bond acceptors (Lipinski definition) is 2. The number of benzene rings is 1. The second-order valence-electron chi connectivity index (χ2n) is 5.52. The van der Waals surface area contributed by atoms with Crippen LogP contribution in [0.25, 0.3) is 0 Å². The van der Waals surface area contributed by atoms with Gasteiger partial charge in [-0.3, -0.25) is 0 Å². The van der Waals surface area contributed by atoms with Crippen LogP contribution in [0.3, 0.4) is 0 Å². The average molecular weight is 281 g/mol. The van der Waals surface area contributed by atoms with Crippen LogP contribution in [-0.4, -0.2) is 26.8 Å². The van der Waals surface area contributed by atoms with Crippen molar-refractivity contribution in [2.75, 3.05) is 26.8 Å². The Balaban J connectivity index is 2.63. The van der Waals surface area contributed by atoms with Crippen molar-refractivity contribution in [2.24, 2.45) is 11.8 Å². The van der Waals surface area contributed by atoms with Gasteiger partial charge in [-0.2, -0.15) is 0 Å². The molecule has 1 aromatic carbocycles. The summed E-state index contributed by atoms with van der Waals surface area (Å²) in [4.78, 5) is 0. The fourth-order valence-electron chi connectivity index (χ4n) is 2.42. The van der Waals surface area contributed by atoms with Crippen LogP contribution < -0.4 is 5.32 Å². The Hall–Kier alpha value is -0.930. The van der Waals surface area contributed by atoms with Crippen molar-refractivity contribution < 1.29 is 9.13 Å². The third-order valence-corrected chi connectivity index (χ3v) is 3.86. The summed E-state index contributed by atoms with van der Waals surface area (Å²) in [6.07, 6.45) is 2.93. The minimum atomic E-state index is -0.0908. The van der Waals surface area contributed by atoms with E-state index in [4.69, 9.17) is 4.74 Å². The van der Waals surface area contributed by atoms with Gasteiger partial charge in [0, 0.05) is 13.7 Å².